The standard InChI is InChI=1S/C12H22N2O3/c1-12(2,3)17-10-11(15)14(7-5-6-13)8-9-16-4/h5,7-10H2,1-4H3. The van der Waals surface area contributed by atoms with Gasteiger partial charge in [-0.25, -0.2) is 0 Å². The van der Waals surface area contributed by atoms with Gasteiger partial charge in [-0.3, -0.25) is 4.79 Å². The summed E-state index contributed by atoms with van der Waals surface area (Å²) in [6, 6.07) is 2.03. The summed E-state index contributed by atoms with van der Waals surface area (Å²) in [4.78, 5) is 13.4. The largest absolute Gasteiger partial charge is 0.383 e. The second-order valence-electron chi connectivity index (χ2n) is 4.68. The van der Waals surface area contributed by atoms with Crippen molar-refractivity contribution >= 4 is 5.91 Å². The number of amides is 1. The average molecular weight is 242 g/mol. The molecule has 0 aliphatic rings. The van der Waals surface area contributed by atoms with Crippen LogP contribution in [0.1, 0.15) is 27.2 Å². The van der Waals surface area contributed by atoms with E-state index in [-0.39, 0.29) is 18.1 Å². The molecule has 0 atom stereocenters. The van der Waals surface area contributed by atoms with Crippen LogP contribution in [0.3, 0.4) is 0 Å². The van der Waals surface area contributed by atoms with Gasteiger partial charge in [0, 0.05) is 20.2 Å². The number of nitriles is 1. The highest BCUT2D eigenvalue weighted by molar-refractivity contribution is 5.77. The van der Waals surface area contributed by atoms with Gasteiger partial charge in [0.05, 0.1) is 24.7 Å². The predicted molar refractivity (Wildman–Crippen MR) is 64.4 cm³/mol. The third-order valence-electron chi connectivity index (χ3n) is 2.04. The lowest BCUT2D eigenvalue weighted by Gasteiger charge is -2.24. The van der Waals surface area contributed by atoms with E-state index in [1.807, 2.05) is 26.8 Å². The van der Waals surface area contributed by atoms with Gasteiger partial charge in [0.2, 0.25) is 5.91 Å². The monoisotopic (exact) mass is 242 g/mol. The SMILES string of the molecule is COCCN(CCC#N)C(=O)COC(C)(C)C. The summed E-state index contributed by atoms with van der Waals surface area (Å²) < 4.78 is 10.3. The zero-order valence-corrected chi connectivity index (χ0v) is 11.2. The molecule has 0 bridgehead atoms. The molecule has 1 amide bonds. The van der Waals surface area contributed by atoms with E-state index >= 15 is 0 Å². The van der Waals surface area contributed by atoms with Gasteiger partial charge in [-0.05, 0) is 20.8 Å². The molecule has 0 N–H and O–H groups in total. The van der Waals surface area contributed by atoms with Crippen LogP contribution in [0, 0.1) is 11.3 Å². The highest BCUT2D eigenvalue weighted by Gasteiger charge is 2.17. The van der Waals surface area contributed by atoms with Gasteiger partial charge in [-0.1, -0.05) is 0 Å². The topological polar surface area (TPSA) is 62.6 Å². The van der Waals surface area contributed by atoms with Crippen LogP contribution in [0.2, 0.25) is 0 Å². The Morgan fingerprint density at radius 1 is 1.35 bits per heavy atom. The first-order valence-electron chi connectivity index (χ1n) is 5.68. The summed E-state index contributed by atoms with van der Waals surface area (Å²) in [6.45, 7) is 7.11. The van der Waals surface area contributed by atoms with E-state index in [1.54, 1.807) is 12.0 Å². The molecule has 0 aromatic heterocycles. The third kappa shape index (κ3) is 8.66. The Balaban J connectivity index is 4.17. The molecule has 0 rings (SSSR count). The second kappa shape index (κ2) is 8.04. The van der Waals surface area contributed by atoms with E-state index in [1.165, 1.54) is 0 Å². The molecule has 0 fully saturated rings. The number of methoxy groups -OCH3 is 1. The molecule has 0 aromatic carbocycles. The average Bonchev–Trinajstić information content (AvgIpc) is 2.25. The van der Waals surface area contributed by atoms with Gasteiger partial charge in [0.25, 0.3) is 0 Å². The Morgan fingerprint density at radius 3 is 2.47 bits per heavy atom. The van der Waals surface area contributed by atoms with Crippen LogP contribution in [0.5, 0.6) is 0 Å². The molecule has 0 radical (unpaired) electrons. The van der Waals surface area contributed by atoms with Gasteiger partial charge >= 0.3 is 0 Å². The number of rotatable bonds is 7. The smallest absolute Gasteiger partial charge is 0.248 e. The maximum atomic E-state index is 11.8. The first kappa shape index (κ1) is 15.9. The van der Waals surface area contributed by atoms with Gasteiger partial charge in [-0.2, -0.15) is 5.26 Å². The molecule has 0 saturated carbocycles. The van der Waals surface area contributed by atoms with Gasteiger partial charge < -0.3 is 14.4 Å². The molecule has 0 aromatic rings. The van der Waals surface area contributed by atoms with E-state index in [2.05, 4.69) is 0 Å². The van der Waals surface area contributed by atoms with E-state index < -0.39 is 0 Å². The third-order valence-corrected chi connectivity index (χ3v) is 2.04. The van der Waals surface area contributed by atoms with Gasteiger partial charge in [-0.15, -0.1) is 0 Å². The minimum Gasteiger partial charge on any atom is -0.383 e. The van der Waals surface area contributed by atoms with Crippen molar-refractivity contribution in [2.24, 2.45) is 0 Å². The van der Waals surface area contributed by atoms with Crippen molar-refractivity contribution in [2.45, 2.75) is 32.8 Å². The maximum absolute atomic E-state index is 11.8. The van der Waals surface area contributed by atoms with Crippen LogP contribution in [-0.2, 0) is 14.3 Å². The normalized spacial score (nSPS) is 11.0. The summed E-state index contributed by atoms with van der Waals surface area (Å²) in [7, 11) is 1.58. The molecule has 0 spiro atoms. The second-order valence-corrected chi connectivity index (χ2v) is 4.68. The zero-order chi connectivity index (χ0) is 13.3. The van der Waals surface area contributed by atoms with E-state index in [0.717, 1.165) is 0 Å². The fraction of sp³-hybridized carbons (Fsp3) is 0.833. The van der Waals surface area contributed by atoms with E-state index in [4.69, 9.17) is 14.7 Å². The lowest BCUT2D eigenvalue weighted by atomic mass is 10.2. The summed E-state index contributed by atoms with van der Waals surface area (Å²) in [5, 5.41) is 8.53. The van der Waals surface area contributed by atoms with Crippen molar-refractivity contribution in [2.75, 3.05) is 33.4 Å². The van der Waals surface area contributed by atoms with Crippen molar-refractivity contribution in [3.8, 4) is 6.07 Å². The van der Waals surface area contributed by atoms with E-state index in [0.29, 0.717) is 26.1 Å². The van der Waals surface area contributed by atoms with Crippen molar-refractivity contribution in [1.82, 2.24) is 4.90 Å². The number of carbonyl (C=O) groups is 1. The van der Waals surface area contributed by atoms with Crippen LogP contribution in [0.15, 0.2) is 0 Å². The molecular formula is C12H22N2O3. The molecule has 0 saturated heterocycles. The Morgan fingerprint density at radius 2 is 2.00 bits per heavy atom. The van der Waals surface area contributed by atoms with Crippen LogP contribution < -0.4 is 0 Å². The molecule has 0 aliphatic heterocycles. The molecule has 98 valence electrons. The highest BCUT2D eigenvalue weighted by Crippen LogP contribution is 2.07. The van der Waals surface area contributed by atoms with Gasteiger partial charge in [0.1, 0.15) is 6.61 Å². The molecular weight excluding hydrogens is 220 g/mol. The van der Waals surface area contributed by atoms with E-state index in [9.17, 15) is 4.79 Å². The lowest BCUT2D eigenvalue weighted by Crippen LogP contribution is -2.39. The zero-order valence-electron chi connectivity index (χ0n) is 11.2. The number of hydrogen-bond acceptors (Lipinski definition) is 4. The Bertz CT molecular complexity index is 266. The Kier molecular flexibility index (Phi) is 7.51. The summed E-state index contributed by atoms with van der Waals surface area (Å²) in [5.41, 5.74) is -0.336. The predicted octanol–water partition coefficient (Wildman–Crippen LogP) is 1.19. The highest BCUT2D eigenvalue weighted by atomic mass is 16.5. The Hall–Kier alpha value is -1.12. The lowest BCUT2D eigenvalue weighted by molar-refractivity contribution is -0.141. The summed E-state index contributed by atoms with van der Waals surface area (Å²) in [5.74, 6) is -0.104. The quantitative estimate of drug-likeness (QED) is 0.672. The molecule has 17 heavy (non-hydrogen) atoms. The van der Waals surface area contributed by atoms with Crippen LogP contribution >= 0.6 is 0 Å². The number of carbonyl (C=O) groups excluding carboxylic acids is 1. The van der Waals surface area contributed by atoms with Crippen molar-refractivity contribution < 1.29 is 14.3 Å². The number of ether oxygens (including phenoxy) is 2. The maximum Gasteiger partial charge on any atom is 0.248 e. The fourth-order valence-corrected chi connectivity index (χ4v) is 1.12. The van der Waals surface area contributed by atoms with Crippen molar-refractivity contribution in [1.29, 1.82) is 5.26 Å². The first-order chi connectivity index (χ1) is 7.90. The fourth-order valence-electron chi connectivity index (χ4n) is 1.12. The number of hydrogen-bond donors (Lipinski definition) is 0. The van der Waals surface area contributed by atoms with Crippen LogP contribution in [-0.4, -0.2) is 49.8 Å². The summed E-state index contributed by atoms with van der Waals surface area (Å²) >= 11 is 0. The molecule has 0 unspecified atom stereocenters. The van der Waals surface area contributed by atoms with Gasteiger partial charge in [0.15, 0.2) is 0 Å². The molecule has 0 aliphatic carbocycles. The molecule has 0 heterocycles. The minimum atomic E-state index is -0.336. The first-order valence-corrected chi connectivity index (χ1v) is 5.68. The van der Waals surface area contributed by atoms with Crippen LogP contribution in [0.4, 0.5) is 0 Å². The summed E-state index contributed by atoms with van der Waals surface area (Å²) in [6.07, 6.45) is 0.324. The Labute approximate surface area is 103 Å². The molecule has 5 nitrogen and oxygen atoms in total. The van der Waals surface area contributed by atoms with Crippen LogP contribution in [0.25, 0.3) is 0 Å². The van der Waals surface area contributed by atoms with Crippen molar-refractivity contribution in [3.63, 3.8) is 0 Å². The van der Waals surface area contributed by atoms with Crippen molar-refractivity contribution in [3.05, 3.63) is 0 Å². The molecule has 5 heteroatoms. The number of nitrogens with zero attached hydrogens (tertiary/aromatic N) is 2. The minimum absolute atomic E-state index is 0.0403.